The third-order valence-electron chi connectivity index (χ3n) is 0.167. The lowest BCUT2D eigenvalue weighted by atomic mass is 10.6. The molecule has 0 saturated heterocycles. The Balaban J connectivity index is 2.19. The van der Waals surface area contributed by atoms with E-state index in [-0.39, 0.29) is 0 Å². The van der Waals surface area contributed by atoms with Gasteiger partial charge in [0.05, 0.1) is 0 Å². The van der Waals surface area contributed by atoms with Crippen molar-refractivity contribution in [3.63, 3.8) is 0 Å². The Kier molecular flexibility index (Phi) is 4.02. The van der Waals surface area contributed by atoms with E-state index in [9.17, 15) is 0 Å². The maximum Gasteiger partial charge on any atom is 0.290 e. The second-order valence-corrected chi connectivity index (χ2v) is 0.492. The van der Waals surface area contributed by atoms with E-state index in [1.165, 1.54) is 16.1 Å². The highest BCUT2D eigenvalue weighted by Gasteiger charge is 1.59. The molecular weight excluding hydrogens is 67.6 g/mol. The lowest BCUT2D eigenvalue weighted by molar-refractivity contribution is -0.00563. The molecule has 0 aromatic carbocycles. The predicted octanol–water partition coefficient (Wildman–Crippen LogP) is -2.46. The van der Waals surface area contributed by atoms with Crippen LogP contribution < -0.4 is 5.64 Å². The first-order chi connectivity index (χ1) is 2.41. The standard InChI is InChI=1S/B2H5NO2/c1-4-3-5-2/h3H,1-2H2. The molecule has 0 rings (SSSR count). The van der Waals surface area contributed by atoms with E-state index in [1.54, 1.807) is 0 Å². The Morgan fingerprint density at radius 1 is 1.20 bits per heavy atom. The van der Waals surface area contributed by atoms with Crippen LogP contribution in [0.3, 0.4) is 0 Å². The molecular formula is H5B2NO2. The molecule has 3 nitrogen and oxygen atoms in total. The zero-order valence-electron chi connectivity index (χ0n) is 3.32. The summed E-state index contributed by atoms with van der Waals surface area (Å²) in [5.74, 6) is 0. The predicted molar refractivity (Wildman–Crippen MR) is 22.4 cm³/mol. The minimum atomic E-state index is 1.48. The Morgan fingerprint density at radius 2 is 1.60 bits per heavy atom. The van der Waals surface area contributed by atoms with E-state index in [4.69, 9.17) is 0 Å². The molecule has 1 N–H and O–H groups in total. The van der Waals surface area contributed by atoms with Crippen LogP contribution in [0.5, 0.6) is 0 Å². The minimum Gasteiger partial charge on any atom is -0.352 e. The zero-order valence-corrected chi connectivity index (χ0v) is 3.32. The lowest BCUT2D eigenvalue weighted by Gasteiger charge is -1.91. The highest BCUT2D eigenvalue weighted by Crippen LogP contribution is 1.43. The molecule has 0 fully saturated rings. The Bertz CT molecular complexity index is 15.1. The van der Waals surface area contributed by atoms with Gasteiger partial charge in [-0.1, -0.05) is 0 Å². The largest absolute Gasteiger partial charge is 0.352 e. The molecule has 0 saturated carbocycles. The highest BCUT2D eigenvalue weighted by atomic mass is 16.9. The van der Waals surface area contributed by atoms with Crippen LogP contribution in [0.15, 0.2) is 0 Å². The van der Waals surface area contributed by atoms with E-state index < -0.39 is 0 Å². The molecule has 5 heavy (non-hydrogen) atoms. The number of nitrogens with one attached hydrogen (secondary N) is 1. The van der Waals surface area contributed by atoms with Gasteiger partial charge in [0.15, 0.2) is 0 Å². The van der Waals surface area contributed by atoms with E-state index in [1.807, 2.05) is 0 Å². The monoisotopic (exact) mass is 73.1 g/mol. The van der Waals surface area contributed by atoms with E-state index in [0.29, 0.717) is 0 Å². The van der Waals surface area contributed by atoms with Crippen LogP contribution in [0.2, 0.25) is 0 Å². The van der Waals surface area contributed by atoms with Crippen molar-refractivity contribution in [3.8, 4) is 0 Å². The molecule has 0 spiro atoms. The van der Waals surface area contributed by atoms with Crippen molar-refractivity contribution in [1.82, 2.24) is 5.64 Å². The third-order valence-corrected chi connectivity index (χ3v) is 0.167. The number of rotatable bonds is 2. The van der Waals surface area contributed by atoms with Gasteiger partial charge in [0, 0.05) is 0 Å². The number of hydrogen-bond acceptors (Lipinski definition) is 3. The fourth-order valence-corrected chi connectivity index (χ4v) is 0.0833. The average molecular weight is 72.7 g/mol. The molecule has 0 atom stereocenters. The normalized spacial score (nSPS) is 8.00. The second-order valence-electron chi connectivity index (χ2n) is 0.492. The molecule has 0 aliphatic heterocycles. The van der Waals surface area contributed by atoms with Gasteiger partial charge in [-0.3, -0.25) is 0 Å². The molecule has 5 heteroatoms. The van der Waals surface area contributed by atoms with Crippen LogP contribution >= 0.6 is 0 Å². The zero-order chi connectivity index (χ0) is 4.12. The molecule has 0 bridgehead atoms. The first kappa shape index (κ1) is 5.01. The van der Waals surface area contributed by atoms with Crippen LogP contribution in [0, 0.1) is 0 Å². The Labute approximate surface area is 32.4 Å². The minimum absolute atomic E-state index is 1.48. The molecule has 0 aromatic heterocycles. The SMILES string of the molecule is BONOB. The molecule has 28 valence electrons. The van der Waals surface area contributed by atoms with E-state index in [2.05, 4.69) is 15.2 Å². The molecule has 0 heterocycles. The fraction of sp³-hybridized carbons (Fsp3) is 0. The number of hydrogen-bond donors (Lipinski definition) is 1. The Hall–Kier alpha value is 0.00987. The summed E-state index contributed by atoms with van der Waals surface area (Å²) >= 11 is 0. The van der Waals surface area contributed by atoms with Gasteiger partial charge in [0.2, 0.25) is 0 Å². The van der Waals surface area contributed by atoms with Gasteiger partial charge in [0.25, 0.3) is 16.1 Å². The van der Waals surface area contributed by atoms with Gasteiger partial charge in [-0.15, -0.1) is 5.64 Å². The fourth-order valence-electron chi connectivity index (χ4n) is 0.0833. The molecule has 0 amide bonds. The summed E-state index contributed by atoms with van der Waals surface area (Å²) in [5, 5.41) is 0. The molecule has 0 radical (unpaired) electrons. The van der Waals surface area contributed by atoms with Crippen molar-refractivity contribution in [2.24, 2.45) is 0 Å². The first-order valence-corrected chi connectivity index (χ1v) is 1.22. The van der Waals surface area contributed by atoms with Gasteiger partial charge >= 0.3 is 0 Å². The first-order valence-electron chi connectivity index (χ1n) is 1.22. The smallest absolute Gasteiger partial charge is 0.290 e. The summed E-state index contributed by atoms with van der Waals surface area (Å²) in [6.07, 6.45) is 0. The van der Waals surface area contributed by atoms with Crippen LogP contribution in [-0.4, -0.2) is 16.1 Å². The molecule has 0 unspecified atom stereocenters. The summed E-state index contributed by atoms with van der Waals surface area (Å²) in [4.78, 5) is 0. The lowest BCUT2D eigenvalue weighted by Crippen LogP contribution is -2.09. The van der Waals surface area contributed by atoms with Crippen LogP contribution in [0.4, 0.5) is 0 Å². The third kappa shape index (κ3) is 4.01. The summed E-state index contributed by atoms with van der Waals surface area (Å²) in [6, 6.07) is 0. The topological polar surface area (TPSA) is 30.5 Å². The van der Waals surface area contributed by atoms with Gasteiger partial charge in [0.1, 0.15) is 0 Å². The maximum atomic E-state index is 4.22. The van der Waals surface area contributed by atoms with E-state index in [0.717, 1.165) is 0 Å². The van der Waals surface area contributed by atoms with Crippen molar-refractivity contribution < 1.29 is 9.51 Å². The molecule has 0 aromatic rings. The Morgan fingerprint density at radius 3 is 1.60 bits per heavy atom. The van der Waals surface area contributed by atoms with E-state index >= 15 is 0 Å². The summed E-state index contributed by atoms with van der Waals surface area (Å²) in [6.45, 7) is 0. The summed E-state index contributed by atoms with van der Waals surface area (Å²) < 4.78 is 8.44. The maximum absolute atomic E-state index is 4.22. The van der Waals surface area contributed by atoms with Crippen LogP contribution in [0.1, 0.15) is 0 Å². The van der Waals surface area contributed by atoms with Gasteiger partial charge < -0.3 is 9.51 Å². The van der Waals surface area contributed by atoms with Gasteiger partial charge in [-0.2, -0.15) is 0 Å². The van der Waals surface area contributed by atoms with Crippen LogP contribution in [-0.2, 0) is 9.51 Å². The van der Waals surface area contributed by atoms with Gasteiger partial charge in [-0.25, -0.2) is 0 Å². The summed E-state index contributed by atoms with van der Waals surface area (Å²) in [7, 11) is 2.95. The average Bonchev–Trinajstić information content (AvgIpc) is 1.41. The summed E-state index contributed by atoms with van der Waals surface area (Å²) in [5.41, 5.74) is 2.11. The quantitative estimate of drug-likeness (QED) is 0.290. The van der Waals surface area contributed by atoms with Crippen molar-refractivity contribution in [3.05, 3.63) is 0 Å². The van der Waals surface area contributed by atoms with Crippen molar-refractivity contribution in [2.75, 3.05) is 0 Å². The molecule has 0 aliphatic carbocycles. The molecule has 0 aliphatic rings. The van der Waals surface area contributed by atoms with Gasteiger partial charge in [-0.05, 0) is 0 Å². The van der Waals surface area contributed by atoms with Crippen molar-refractivity contribution in [2.45, 2.75) is 0 Å². The van der Waals surface area contributed by atoms with Crippen LogP contribution in [0.25, 0.3) is 0 Å². The second kappa shape index (κ2) is 4.01. The van der Waals surface area contributed by atoms with Crippen molar-refractivity contribution >= 4 is 16.1 Å². The van der Waals surface area contributed by atoms with Crippen molar-refractivity contribution in [1.29, 1.82) is 0 Å². The highest BCUT2D eigenvalue weighted by molar-refractivity contribution is 5.98.